The highest BCUT2D eigenvalue weighted by atomic mass is 16.4. The molecule has 3 aromatic rings. The fourth-order valence-electron chi connectivity index (χ4n) is 2.33. The summed E-state index contributed by atoms with van der Waals surface area (Å²) in [5, 5.41) is 14.3. The molecule has 0 radical (unpaired) electrons. The Morgan fingerprint density at radius 1 is 0.793 bits per heavy atom. The lowest BCUT2D eigenvalue weighted by molar-refractivity contribution is -0.112. The van der Waals surface area contributed by atoms with Crippen LogP contribution in [0, 0.1) is 0 Å². The lowest BCUT2D eigenvalue weighted by atomic mass is 10.1. The zero-order valence-electron chi connectivity index (χ0n) is 15.0. The smallest absolute Gasteiger partial charge is 0.335 e. The SMILES string of the molecule is O=C(/C=C/c1ccco1)Nc1ccc(C(=O)O)cc1NC(=O)/C=C/c1ccco1. The number of anilines is 2. The van der Waals surface area contributed by atoms with Crippen LogP contribution < -0.4 is 10.6 Å². The molecule has 0 fully saturated rings. The van der Waals surface area contributed by atoms with Crippen molar-refractivity contribution in [2.24, 2.45) is 0 Å². The van der Waals surface area contributed by atoms with Crippen molar-refractivity contribution < 1.29 is 28.3 Å². The van der Waals surface area contributed by atoms with E-state index in [1.807, 2.05) is 0 Å². The quantitative estimate of drug-likeness (QED) is 0.525. The molecule has 0 spiro atoms. The van der Waals surface area contributed by atoms with E-state index in [1.165, 1.54) is 55.0 Å². The van der Waals surface area contributed by atoms with Gasteiger partial charge in [-0.1, -0.05) is 0 Å². The lowest BCUT2D eigenvalue weighted by Gasteiger charge is -2.11. The monoisotopic (exact) mass is 392 g/mol. The maximum Gasteiger partial charge on any atom is 0.335 e. The molecule has 0 aliphatic heterocycles. The summed E-state index contributed by atoms with van der Waals surface area (Å²) in [7, 11) is 0. The molecule has 0 saturated carbocycles. The number of benzene rings is 1. The van der Waals surface area contributed by atoms with E-state index < -0.39 is 17.8 Å². The van der Waals surface area contributed by atoms with Crippen LogP contribution in [0.4, 0.5) is 11.4 Å². The predicted molar refractivity (Wildman–Crippen MR) is 106 cm³/mol. The summed E-state index contributed by atoms with van der Waals surface area (Å²) in [5.41, 5.74) is 0.335. The summed E-state index contributed by atoms with van der Waals surface area (Å²) in [5.74, 6) is -1.19. The van der Waals surface area contributed by atoms with Gasteiger partial charge in [0.25, 0.3) is 0 Å². The van der Waals surface area contributed by atoms with Crippen LogP contribution in [-0.4, -0.2) is 22.9 Å². The Kier molecular flexibility index (Phi) is 6.06. The summed E-state index contributed by atoms with van der Waals surface area (Å²) in [6.45, 7) is 0. The van der Waals surface area contributed by atoms with Crippen LogP contribution in [0.2, 0.25) is 0 Å². The number of rotatable bonds is 7. The third kappa shape index (κ3) is 5.57. The molecule has 2 heterocycles. The van der Waals surface area contributed by atoms with Crippen LogP contribution in [-0.2, 0) is 9.59 Å². The molecule has 8 heteroatoms. The minimum atomic E-state index is -1.16. The van der Waals surface area contributed by atoms with E-state index in [0.717, 1.165) is 0 Å². The van der Waals surface area contributed by atoms with Gasteiger partial charge in [-0.15, -0.1) is 0 Å². The summed E-state index contributed by atoms with van der Waals surface area (Å²) < 4.78 is 10.2. The first-order chi connectivity index (χ1) is 14.0. The molecule has 0 aliphatic rings. The van der Waals surface area contributed by atoms with Crippen molar-refractivity contribution in [1.82, 2.24) is 0 Å². The van der Waals surface area contributed by atoms with E-state index in [1.54, 1.807) is 24.3 Å². The largest absolute Gasteiger partial charge is 0.478 e. The highest BCUT2D eigenvalue weighted by molar-refractivity contribution is 6.08. The molecule has 3 N–H and O–H groups in total. The van der Waals surface area contributed by atoms with Gasteiger partial charge in [-0.3, -0.25) is 9.59 Å². The van der Waals surface area contributed by atoms with Crippen molar-refractivity contribution >= 4 is 41.3 Å². The number of carbonyl (C=O) groups excluding carboxylic acids is 2. The Balaban J connectivity index is 1.76. The minimum absolute atomic E-state index is 0.0422. The minimum Gasteiger partial charge on any atom is -0.478 e. The predicted octanol–water partition coefficient (Wildman–Crippen LogP) is 3.87. The van der Waals surface area contributed by atoms with Crippen molar-refractivity contribution in [2.75, 3.05) is 10.6 Å². The maximum absolute atomic E-state index is 12.2. The van der Waals surface area contributed by atoms with E-state index in [4.69, 9.17) is 8.83 Å². The molecule has 2 amide bonds. The van der Waals surface area contributed by atoms with Gasteiger partial charge in [0.05, 0.1) is 29.5 Å². The van der Waals surface area contributed by atoms with Crippen LogP contribution in [0.3, 0.4) is 0 Å². The van der Waals surface area contributed by atoms with Crippen LogP contribution in [0.15, 0.2) is 76.0 Å². The standard InChI is InChI=1S/C21H16N2O6/c24-19(9-6-15-3-1-11-28-15)22-17-8-5-14(21(26)27)13-18(17)23-20(25)10-7-16-4-2-12-29-16/h1-13H,(H,22,24)(H,23,25)(H,26,27)/b9-6+,10-7+. The molecule has 0 atom stereocenters. The first-order valence-corrected chi connectivity index (χ1v) is 8.44. The fourth-order valence-corrected chi connectivity index (χ4v) is 2.33. The molecular formula is C21H16N2O6. The molecule has 0 bridgehead atoms. The average Bonchev–Trinajstić information content (AvgIpc) is 3.40. The Hall–Kier alpha value is -4.33. The van der Waals surface area contributed by atoms with E-state index in [-0.39, 0.29) is 16.9 Å². The number of carboxylic acid groups (broad SMARTS) is 1. The Labute approximate surface area is 165 Å². The van der Waals surface area contributed by atoms with E-state index >= 15 is 0 Å². The number of furan rings is 2. The molecule has 0 unspecified atom stereocenters. The number of hydrogen-bond donors (Lipinski definition) is 3. The van der Waals surface area contributed by atoms with Gasteiger partial charge in [0, 0.05) is 12.2 Å². The molecule has 8 nitrogen and oxygen atoms in total. The number of carboxylic acids is 1. The van der Waals surface area contributed by atoms with Crippen molar-refractivity contribution in [3.8, 4) is 0 Å². The number of hydrogen-bond acceptors (Lipinski definition) is 5. The highest BCUT2D eigenvalue weighted by Gasteiger charge is 2.12. The topological polar surface area (TPSA) is 122 Å². The summed E-state index contributed by atoms with van der Waals surface area (Å²) in [6, 6.07) is 10.7. The third-order valence-electron chi connectivity index (χ3n) is 3.67. The molecule has 29 heavy (non-hydrogen) atoms. The maximum atomic E-state index is 12.2. The molecule has 3 rings (SSSR count). The van der Waals surface area contributed by atoms with Gasteiger partial charge in [0.1, 0.15) is 11.5 Å². The second kappa shape index (κ2) is 9.05. The van der Waals surface area contributed by atoms with E-state index in [2.05, 4.69) is 10.6 Å². The zero-order chi connectivity index (χ0) is 20.6. The summed E-state index contributed by atoms with van der Waals surface area (Å²) in [4.78, 5) is 35.6. The van der Waals surface area contributed by atoms with Crippen molar-refractivity contribution in [1.29, 1.82) is 0 Å². The molecule has 1 aromatic carbocycles. The fraction of sp³-hybridized carbons (Fsp3) is 0. The molecule has 2 aromatic heterocycles. The van der Waals surface area contributed by atoms with Gasteiger partial charge >= 0.3 is 5.97 Å². The van der Waals surface area contributed by atoms with Crippen LogP contribution >= 0.6 is 0 Å². The van der Waals surface area contributed by atoms with E-state index in [0.29, 0.717) is 11.5 Å². The second-order valence-corrected chi connectivity index (χ2v) is 5.74. The zero-order valence-corrected chi connectivity index (χ0v) is 15.0. The van der Waals surface area contributed by atoms with Crippen molar-refractivity contribution in [3.05, 3.63) is 84.2 Å². The van der Waals surface area contributed by atoms with Gasteiger partial charge in [0.2, 0.25) is 11.8 Å². The van der Waals surface area contributed by atoms with Crippen molar-refractivity contribution in [3.63, 3.8) is 0 Å². The molecule has 146 valence electrons. The van der Waals surface area contributed by atoms with Gasteiger partial charge in [0.15, 0.2) is 0 Å². The molecular weight excluding hydrogens is 376 g/mol. The highest BCUT2D eigenvalue weighted by Crippen LogP contribution is 2.24. The van der Waals surface area contributed by atoms with Crippen LogP contribution in [0.5, 0.6) is 0 Å². The van der Waals surface area contributed by atoms with Gasteiger partial charge < -0.3 is 24.6 Å². The normalized spacial score (nSPS) is 11.0. The third-order valence-corrected chi connectivity index (χ3v) is 3.67. The summed E-state index contributed by atoms with van der Waals surface area (Å²) >= 11 is 0. The van der Waals surface area contributed by atoms with Gasteiger partial charge in [-0.05, 0) is 54.6 Å². The van der Waals surface area contributed by atoms with Gasteiger partial charge in [-0.25, -0.2) is 4.79 Å². The number of amides is 2. The first kappa shape index (κ1) is 19.4. The lowest BCUT2D eigenvalue weighted by Crippen LogP contribution is -2.14. The number of nitrogens with one attached hydrogen (secondary N) is 2. The Bertz CT molecular complexity index is 1060. The number of carbonyl (C=O) groups is 3. The Morgan fingerprint density at radius 3 is 1.83 bits per heavy atom. The molecule has 0 aliphatic carbocycles. The first-order valence-electron chi connectivity index (χ1n) is 8.44. The second-order valence-electron chi connectivity index (χ2n) is 5.74. The number of aromatic carboxylic acids is 1. The summed E-state index contributed by atoms with van der Waals surface area (Å²) in [6.07, 6.45) is 8.37. The average molecular weight is 392 g/mol. The van der Waals surface area contributed by atoms with Crippen LogP contribution in [0.25, 0.3) is 12.2 Å². The van der Waals surface area contributed by atoms with E-state index in [9.17, 15) is 19.5 Å². The van der Waals surface area contributed by atoms with Gasteiger partial charge in [-0.2, -0.15) is 0 Å². The van der Waals surface area contributed by atoms with Crippen molar-refractivity contribution in [2.45, 2.75) is 0 Å². The Morgan fingerprint density at radius 2 is 1.34 bits per heavy atom. The molecule has 0 saturated heterocycles. The van der Waals surface area contributed by atoms with Crippen LogP contribution in [0.1, 0.15) is 21.9 Å².